The van der Waals surface area contributed by atoms with Gasteiger partial charge in [0.1, 0.15) is 0 Å². The van der Waals surface area contributed by atoms with E-state index < -0.39 is 13.2 Å². The van der Waals surface area contributed by atoms with Crippen molar-refractivity contribution in [3.8, 4) is 5.75 Å². The van der Waals surface area contributed by atoms with E-state index in [4.69, 9.17) is 0 Å². The zero-order chi connectivity index (χ0) is 10.0. The number of phenolic OH excluding ortho intramolecular Hbond substituents is 1. The second-order valence-corrected chi connectivity index (χ2v) is 5.74. The third-order valence-corrected chi connectivity index (χ3v) is 4.42. The molecule has 1 heterocycles. The predicted molar refractivity (Wildman–Crippen MR) is 51.5 cm³/mol. The van der Waals surface area contributed by atoms with Crippen molar-refractivity contribution in [3.05, 3.63) is 29.8 Å². The van der Waals surface area contributed by atoms with Gasteiger partial charge in [-0.05, 0) is 0 Å². The first-order valence-electron chi connectivity index (χ1n) is 4.26. The van der Waals surface area contributed by atoms with E-state index in [1.54, 1.807) is 23.1 Å². The van der Waals surface area contributed by atoms with E-state index in [2.05, 4.69) is 8.67 Å². The molecule has 0 spiro atoms. The Hall–Kier alpha value is -0.711. The van der Waals surface area contributed by atoms with Gasteiger partial charge in [0.15, 0.2) is 0 Å². The summed E-state index contributed by atoms with van der Waals surface area (Å²) < 4.78 is 16.0. The van der Waals surface area contributed by atoms with Crippen LogP contribution in [0.25, 0.3) is 0 Å². The van der Waals surface area contributed by atoms with Gasteiger partial charge >= 0.3 is 84.7 Å². The summed E-state index contributed by atoms with van der Waals surface area (Å²) in [6.07, 6.45) is 0. The quantitative estimate of drug-likeness (QED) is 0.503. The Morgan fingerprint density at radius 3 is 2.50 bits per heavy atom. The van der Waals surface area contributed by atoms with Crippen LogP contribution >= 0.6 is 0 Å². The summed E-state index contributed by atoms with van der Waals surface area (Å²) >= 11 is -2.50. The zero-order valence-corrected chi connectivity index (χ0v) is 8.65. The second-order valence-electron chi connectivity index (χ2n) is 2.95. The minimum absolute atomic E-state index is 0.195. The maximum absolute atomic E-state index is 10.0. The van der Waals surface area contributed by atoms with Gasteiger partial charge in [-0.3, -0.25) is 0 Å². The van der Waals surface area contributed by atoms with Crippen molar-refractivity contribution in [2.24, 2.45) is 0 Å². The molecule has 2 rings (SSSR count). The summed E-state index contributed by atoms with van der Waals surface area (Å²) in [6.45, 7) is 1.53. The van der Waals surface area contributed by atoms with Crippen LogP contribution < -0.4 is 8.67 Å². The number of nitrogens with one attached hydrogen (secondary N) is 2. The number of rotatable bonds is 1. The first-order valence-corrected chi connectivity index (χ1v) is 6.50. The SMILES string of the molecule is Oc1ccccc1[CH]=[Fe]1([OH])[NH]CC[NH]1. The van der Waals surface area contributed by atoms with Gasteiger partial charge in [0.25, 0.3) is 0 Å². The van der Waals surface area contributed by atoms with Crippen LogP contribution in [0.5, 0.6) is 5.75 Å². The molecule has 1 saturated heterocycles. The number of hydrogen-bond acceptors (Lipinski definition) is 4. The van der Waals surface area contributed by atoms with Gasteiger partial charge in [-0.15, -0.1) is 0 Å². The van der Waals surface area contributed by atoms with E-state index in [0.717, 1.165) is 13.1 Å². The predicted octanol–water partition coefficient (Wildman–Crippen LogP) is -0.374. The Morgan fingerprint density at radius 1 is 1.21 bits per heavy atom. The maximum atomic E-state index is 10.0. The molecule has 4 nitrogen and oxygen atoms in total. The van der Waals surface area contributed by atoms with Crippen molar-refractivity contribution in [1.29, 1.82) is 0 Å². The van der Waals surface area contributed by atoms with Gasteiger partial charge in [-0.1, -0.05) is 0 Å². The molecule has 1 fully saturated rings. The number of hydrogen-bond donors (Lipinski definition) is 4. The fourth-order valence-electron chi connectivity index (χ4n) is 1.21. The van der Waals surface area contributed by atoms with Gasteiger partial charge in [0.05, 0.1) is 0 Å². The van der Waals surface area contributed by atoms with Gasteiger partial charge in [-0.25, -0.2) is 0 Å². The van der Waals surface area contributed by atoms with Crippen molar-refractivity contribution in [2.45, 2.75) is 0 Å². The molecule has 0 aromatic heterocycles. The average molecular weight is 237 g/mol. The molecule has 0 amide bonds. The molecular weight excluding hydrogens is 224 g/mol. The van der Waals surface area contributed by atoms with Crippen LogP contribution in [-0.2, 0) is 13.2 Å². The Bertz CT molecular complexity index is 382. The van der Waals surface area contributed by atoms with E-state index >= 15 is 0 Å². The Balaban J connectivity index is 2.37. The number of para-hydroxylation sites is 1. The Labute approximate surface area is 85.1 Å². The van der Waals surface area contributed by atoms with Crippen LogP contribution in [0.2, 0.25) is 0 Å². The van der Waals surface area contributed by atoms with Gasteiger partial charge in [-0.2, -0.15) is 0 Å². The average Bonchev–Trinajstić information content (AvgIpc) is 2.57. The fraction of sp³-hybridized carbons (Fsp3) is 0.222. The van der Waals surface area contributed by atoms with Gasteiger partial charge in [0.2, 0.25) is 0 Å². The molecule has 0 bridgehead atoms. The van der Waals surface area contributed by atoms with Gasteiger partial charge < -0.3 is 0 Å². The van der Waals surface area contributed by atoms with E-state index in [1.807, 2.05) is 6.07 Å². The third kappa shape index (κ3) is 2.03. The molecule has 5 heteroatoms. The van der Waals surface area contributed by atoms with Crippen molar-refractivity contribution in [3.63, 3.8) is 0 Å². The molecule has 0 radical (unpaired) electrons. The molecule has 0 unspecified atom stereocenters. The molecule has 1 aliphatic heterocycles. The zero-order valence-electron chi connectivity index (χ0n) is 7.55. The first kappa shape index (κ1) is 9.83. The standard InChI is InChI=1S/C7H6O.C2H6N2.Fe.H2O/c1-6-4-2-3-5-7(6)8;3-1-2-4;;/h1-5,8H;3-4H,1-2H2;;1H2/q;-2;+3;/p-1. The third-order valence-electron chi connectivity index (χ3n) is 1.88. The van der Waals surface area contributed by atoms with Crippen LogP contribution in [0.15, 0.2) is 24.3 Å². The summed E-state index contributed by atoms with van der Waals surface area (Å²) in [4.78, 5) is 1.69. The molecular formula is C9H13FeN2O2. The summed E-state index contributed by atoms with van der Waals surface area (Å²) in [6, 6.07) is 6.97. The summed E-state index contributed by atoms with van der Waals surface area (Å²) in [5, 5.41) is 9.51. The first-order chi connectivity index (χ1) is 6.70. The van der Waals surface area contributed by atoms with Crippen LogP contribution in [0, 0.1) is 0 Å². The van der Waals surface area contributed by atoms with Crippen LogP contribution in [0.4, 0.5) is 0 Å². The number of benzene rings is 1. The second kappa shape index (κ2) is 3.80. The minimum atomic E-state index is -2.50. The molecule has 14 heavy (non-hydrogen) atoms. The van der Waals surface area contributed by atoms with Crippen LogP contribution in [0.1, 0.15) is 5.56 Å². The molecule has 79 valence electrons. The van der Waals surface area contributed by atoms with Crippen LogP contribution in [0.3, 0.4) is 0 Å². The van der Waals surface area contributed by atoms with Crippen molar-refractivity contribution < 1.29 is 22.5 Å². The molecule has 1 aliphatic rings. The summed E-state index contributed by atoms with van der Waals surface area (Å²) in [5.74, 6) is 0.195. The number of aromatic hydroxyl groups is 1. The Morgan fingerprint density at radius 2 is 1.86 bits per heavy atom. The van der Waals surface area contributed by atoms with E-state index in [0.29, 0.717) is 5.56 Å². The van der Waals surface area contributed by atoms with E-state index in [9.17, 15) is 9.30 Å². The molecule has 0 atom stereocenters. The fourth-order valence-corrected chi connectivity index (χ4v) is 3.45. The molecule has 0 aliphatic carbocycles. The Kier molecular flexibility index (Phi) is 2.67. The summed E-state index contributed by atoms with van der Waals surface area (Å²) in [5.41, 5.74) is 0.664. The van der Waals surface area contributed by atoms with Crippen molar-refractivity contribution in [2.75, 3.05) is 13.1 Å². The van der Waals surface area contributed by atoms with E-state index in [-0.39, 0.29) is 5.75 Å². The molecule has 1 aromatic rings. The van der Waals surface area contributed by atoms with Crippen molar-refractivity contribution in [1.82, 2.24) is 8.67 Å². The molecule has 0 saturated carbocycles. The van der Waals surface area contributed by atoms with E-state index in [1.165, 1.54) is 0 Å². The van der Waals surface area contributed by atoms with Crippen LogP contribution in [-0.4, -0.2) is 27.3 Å². The summed E-state index contributed by atoms with van der Waals surface area (Å²) in [7, 11) is 0. The molecule has 1 aromatic carbocycles. The molecule has 4 N–H and O–H groups in total. The monoisotopic (exact) mass is 237 g/mol. The topological polar surface area (TPSA) is 64.5 Å². The van der Waals surface area contributed by atoms with Crippen molar-refractivity contribution >= 4 is 4.92 Å². The number of phenols is 1. The normalized spacial score (nSPS) is 21.8. The van der Waals surface area contributed by atoms with Gasteiger partial charge in [0, 0.05) is 0 Å².